The van der Waals surface area contributed by atoms with Crippen molar-refractivity contribution in [2.24, 2.45) is 0 Å². The first kappa shape index (κ1) is 16.2. The smallest absolute Gasteiger partial charge is 0.244 e. The third-order valence-electron chi connectivity index (χ3n) is 3.27. The second-order valence-electron chi connectivity index (χ2n) is 4.49. The van der Waals surface area contributed by atoms with Gasteiger partial charge in [-0.1, -0.05) is 0 Å². The standard InChI is InChI=1S/C12H18BrN5O2S/c1-4-17-9(3)12(8-15-17)21(19,20)16-7-11-10(13)6-14-18(11)5-2/h6,8,16H,4-5,7H2,1-3H3. The van der Waals surface area contributed by atoms with E-state index in [0.717, 1.165) is 10.2 Å². The average molecular weight is 376 g/mol. The van der Waals surface area contributed by atoms with Crippen molar-refractivity contribution in [2.45, 2.75) is 45.3 Å². The van der Waals surface area contributed by atoms with Gasteiger partial charge in [-0.3, -0.25) is 9.36 Å². The quantitative estimate of drug-likeness (QED) is 0.832. The van der Waals surface area contributed by atoms with Gasteiger partial charge in [0, 0.05) is 13.1 Å². The second kappa shape index (κ2) is 6.29. The van der Waals surface area contributed by atoms with Crippen LogP contribution in [0.3, 0.4) is 0 Å². The van der Waals surface area contributed by atoms with Gasteiger partial charge < -0.3 is 0 Å². The van der Waals surface area contributed by atoms with Crippen LogP contribution in [0.5, 0.6) is 0 Å². The molecular formula is C12H18BrN5O2S. The monoisotopic (exact) mass is 375 g/mol. The first-order valence-corrected chi connectivity index (χ1v) is 8.90. The van der Waals surface area contributed by atoms with E-state index in [9.17, 15) is 8.42 Å². The fraction of sp³-hybridized carbons (Fsp3) is 0.500. The van der Waals surface area contributed by atoms with E-state index in [0.29, 0.717) is 18.8 Å². The highest BCUT2D eigenvalue weighted by atomic mass is 79.9. The maximum atomic E-state index is 12.4. The number of nitrogens with zero attached hydrogens (tertiary/aromatic N) is 4. The van der Waals surface area contributed by atoms with Crippen LogP contribution in [0.25, 0.3) is 0 Å². The normalized spacial score (nSPS) is 12.0. The lowest BCUT2D eigenvalue weighted by Crippen LogP contribution is -2.25. The summed E-state index contributed by atoms with van der Waals surface area (Å²) in [7, 11) is -3.59. The average Bonchev–Trinajstić information content (AvgIpc) is 2.99. The van der Waals surface area contributed by atoms with E-state index < -0.39 is 10.0 Å². The molecule has 2 rings (SSSR count). The summed E-state index contributed by atoms with van der Waals surface area (Å²) < 4.78 is 31.5. The molecule has 0 aliphatic heterocycles. The van der Waals surface area contributed by atoms with Gasteiger partial charge in [0.2, 0.25) is 10.0 Å². The van der Waals surface area contributed by atoms with E-state index in [4.69, 9.17) is 0 Å². The van der Waals surface area contributed by atoms with E-state index in [1.165, 1.54) is 6.20 Å². The molecule has 0 saturated heterocycles. The van der Waals surface area contributed by atoms with Crippen molar-refractivity contribution >= 4 is 26.0 Å². The molecule has 1 N–H and O–H groups in total. The third-order valence-corrected chi connectivity index (χ3v) is 5.44. The highest BCUT2D eigenvalue weighted by molar-refractivity contribution is 9.10. The van der Waals surface area contributed by atoms with E-state index in [-0.39, 0.29) is 11.4 Å². The Bertz CT molecular complexity index is 735. The van der Waals surface area contributed by atoms with Gasteiger partial charge >= 0.3 is 0 Å². The topological polar surface area (TPSA) is 81.8 Å². The Morgan fingerprint density at radius 3 is 2.38 bits per heavy atom. The van der Waals surface area contributed by atoms with Crippen LogP contribution >= 0.6 is 15.9 Å². The van der Waals surface area contributed by atoms with Gasteiger partial charge in [0.15, 0.2) is 0 Å². The lowest BCUT2D eigenvalue weighted by Gasteiger charge is -2.09. The molecule has 0 bridgehead atoms. The van der Waals surface area contributed by atoms with Crippen LogP contribution in [-0.2, 0) is 29.7 Å². The summed E-state index contributed by atoms with van der Waals surface area (Å²) in [4.78, 5) is 0.211. The third kappa shape index (κ3) is 3.19. The van der Waals surface area contributed by atoms with Crippen LogP contribution in [0, 0.1) is 6.92 Å². The SMILES string of the molecule is CCn1ncc(S(=O)(=O)NCc2c(Br)cnn2CC)c1C. The molecule has 0 atom stereocenters. The van der Waals surface area contributed by atoms with Gasteiger partial charge in [0.25, 0.3) is 0 Å². The van der Waals surface area contributed by atoms with Crippen molar-refractivity contribution in [3.05, 3.63) is 28.3 Å². The summed E-state index contributed by atoms with van der Waals surface area (Å²) in [5.74, 6) is 0. The Kier molecular flexibility index (Phi) is 4.84. The Morgan fingerprint density at radius 1 is 1.19 bits per heavy atom. The predicted octanol–water partition coefficient (Wildman–Crippen LogP) is 1.67. The van der Waals surface area contributed by atoms with Crippen molar-refractivity contribution < 1.29 is 8.42 Å². The number of halogens is 1. The largest absolute Gasteiger partial charge is 0.269 e. The Balaban J connectivity index is 2.22. The van der Waals surface area contributed by atoms with Gasteiger partial charge in [-0.15, -0.1) is 0 Å². The Morgan fingerprint density at radius 2 is 1.81 bits per heavy atom. The van der Waals surface area contributed by atoms with Crippen LogP contribution in [0.2, 0.25) is 0 Å². The van der Waals surface area contributed by atoms with Crippen LogP contribution in [0.4, 0.5) is 0 Å². The number of sulfonamides is 1. The molecule has 0 aliphatic carbocycles. The molecule has 0 amide bonds. The highest BCUT2D eigenvalue weighted by Crippen LogP contribution is 2.18. The van der Waals surface area contributed by atoms with Gasteiger partial charge in [-0.25, -0.2) is 13.1 Å². The Hall–Kier alpha value is -1.19. The van der Waals surface area contributed by atoms with Gasteiger partial charge in [-0.05, 0) is 36.7 Å². The maximum Gasteiger partial charge on any atom is 0.244 e. The molecule has 0 unspecified atom stereocenters. The molecule has 0 fully saturated rings. The zero-order valence-corrected chi connectivity index (χ0v) is 14.6. The first-order valence-electron chi connectivity index (χ1n) is 6.63. The second-order valence-corrected chi connectivity index (χ2v) is 7.08. The lowest BCUT2D eigenvalue weighted by molar-refractivity contribution is 0.568. The summed E-state index contributed by atoms with van der Waals surface area (Å²) in [6, 6.07) is 0. The molecule has 2 aromatic heterocycles. The molecular weight excluding hydrogens is 358 g/mol. The van der Waals surface area contributed by atoms with Crippen LogP contribution < -0.4 is 4.72 Å². The highest BCUT2D eigenvalue weighted by Gasteiger charge is 2.21. The zero-order chi connectivity index (χ0) is 15.6. The summed E-state index contributed by atoms with van der Waals surface area (Å²) in [5.41, 5.74) is 1.43. The number of hydrogen-bond acceptors (Lipinski definition) is 4. The fourth-order valence-electron chi connectivity index (χ4n) is 2.09. The van der Waals surface area contributed by atoms with Gasteiger partial charge in [-0.2, -0.15) is 10.2 Å². The Labute approximate surface area is 132 Å². The number of aryl methyl sites for hydroxylation is 2. The molecule has 116 valence electrons. The van der Waals surface area contributed by atoms with E-state index in [1.807, 2.05) is 13.8 Å². The van der Waals surface area contributed by atoms with Crippen LogP contribution in [0.15, 0.2) is 21.8 Å². The molecule has 0 spiro atoms. The van der Waals surface area contributed by atoms with E-state index in [2.05, 4.69) is 30.8 Å². The molecule has 0 aromatic carbocycles. The maximum absolute atomic E-state index is 12.4. The molecule has 0 saturated carbocycles. The predicted molar refractivity (Wildman–Crippen MR) is 82.3 cm³/mol. The number of aromatic nitrogens is 4. The van der Waals surface area contributed by atoms with Crippen LogP contribution in [-0.4, -0.2) is 28.0 Å². The van der Waals surface area contributed by atoms with E-state index >= 15 is 0 Å². The zero-order valence-electron chi connectivity index (χ0n) is 12.2. The number of rotatable bonds is 6. The van der Waals surface area contributed by atoms with Gasteiger partial charge in [0.05, 0.1) is 34.8 Å². The minimum Gasteiger partial charge on any atom is -0.269 e. The lowest BCUT2D eigenvalue weighted by atomic mass is 10.4. The summed E-state index contributed by atoms with van der Waals surface area (Å²) >= 11 is 3.38. The summed E-state index contributed by atoms with van der Waals surface area (Å²) in [6.07, 6.45) is 3.04. The van der Waals surface area contributed by atoms with Crippen molar-refractivity contribution in [3.63, 3.8) is 0 Å². The molecule has 0 radical (unpaired) electrons. The minimum absolute atomic E-state index is 0.174. The molecule has 2 aromatic rings. The molecule has 0 aliphatic rings. The molecule has 2 heterocycles. The molecule has 9 heteroatoms. The first-order chi connectivity index (χ1) is 9.90. The van der Waals surface area contributed by atoms with Crippen LogP contribution in [0.1, 0.15) is 25.2 Å². The molecule has 21 heavy (non-hydrogen) atoms. The van der Waals surface area contributed by atoms with Gasteiger partial charge in [0.1, 0.15) is 4.90 Å². The molecule has 7 nitrogen and oxygen atoms in total. The number of nitrogens with one attached hydrogen (secondary N) is 1. The fourth-order valence-corrected chi connectivity index (χ4v) is 3.69. The van der Waals surface area contributed by atoms with Crippen molar-refractivity contribution in [1.82, 2.24) is 24.3 Å². The number of hydrogen-bond donors (Lipinski definition) is 1. The summed E-state index contributed by atoms with van der Waals surface area (Å²) in [6.45, 7) is 7.10. The summed E-state index contributed by atoms with van der Waals surface area (Å²) in [5, 5.41) is 8.23. The minimum atomic E-state index is -3.59. The van der Waals surface area contributed by atoms with Crippen molar-refractivity contribution in [3.8, 4) is 0 Å². The van der Waals surface area contributed by atoms with E-state index in [1.54, 1.807) is 22.5 Å². The van der Waals surface area contributed by atoms with Crippen molar-refractivity contribution in [1.29, 1.82) is 0 Å². The van der Waals surface area contributed by atoms with Crippen molar-refractivity contribution in [2.75, 3.05) is 0 Å².